The molecule has 0 spiro atoms. The minimum absolute atomic E-state index is 0.0862. The molecule has 0 radical (unpaired) electrons. The molecule has 6 nitrogen and oxygen atoms in total. The number of anilines is 1. The minimum atomic E-state index is -0.511. The molecule has 6 heteroatoms. The molecule has 0 heterocycles. The van der Waals surface area contributed by atoms with Crippen molar-refractivity contribution < 1.29 is 9.72 Å². The number of carbonyl (C=O) groups excluding carboxylic acids is 1. The van der Waals surface area contributed by atoms with E-state index in [0.29, 0.717) is 18.5 Å². The van der Waals surface area contributed by atoms with Crippen LogP contribution in [0.1, 0.15) is 15.9 Å². The van der Waals surface area contributed by atoms with E-state index in [1.54, 1.807) is 6.07 Å². The second-order valence-corrected chi connectivity index (χ2v) is 5.37. The Morgan fingerprint density at radius 3 is 2.48 bits per heavy atom. The first-order valence-corrected chi connectivity index (χ1v) is 7.26. The van der Waals surface area contributed by atoms with E-state index in [2.05, 4.69) is 5.32 Å². The van der Waals surface area contributed by atoms with Crippen molar-refractivity contribution in [1.29, 1.82) is 0 Å². The zero-order valence-electron chi connectivity index (χ0n) is 13.2. The average Bonchev–Trinajstić information content (AvgIpc) is 2.55. The van der Waals surface area contributed by atoms with Crippen LogP contribution in [-0.2, 0) is 6.42 Å². The van der Waals surface area contributed by atoms with Crippen LogP contribution in [0.5, 0.6) is 0 Å². The van der Waals surface area contributed by atoms with Gasteiger partial charge in [0.15, 0.2) is 0 Å². The Labute approximate surface area is 134 Å². The molecule has 0 aliphatic carbocycles. The summed E-state index contributed by atoms with van der Waals surface area (Å²) >= 11 is 0. The average molecular weight is 313 g/mol. The van der Waals surface area contributed by atoms with E-state index < -0.39 is 4.92 Å². The Balaban J connectivity index is 1.89. The number of nitro benzene ring substituents is 1. The molecule has 0 saturated heterocycles. The Kier molecular flexibility index (Phi) is 5.30. The summed E-state index contributed by atoms with van der Waals surface area (Å²) in [5.74, 6) is -0.307. The van der Waals surface area contributed by atoms with Crippen molar-refractivity contribution >= 4 is 17.3 Å². The van der Waals surface area contributed by atoms with Crippen molar-refractivity contribution in [3.63, 3.8) is 0 Å². The van der Waals surface area contributed by atoms with E-state index >= 15 is 0 Å². The summed E-state index contributed by atoms with van der Waals surface area (Å²) in [7, 11) is 3.96. The quantitative estimate of drug-likeness (QED) is 0.657. The number of carbonyl (C=O) groups is 1. The van der Waals surface area contributed by atoms with Gasteiger partial charge in [0, 0.05) is 44.0 Å². The SMILES string of the molecule is CN(C)c1ccc(CCNC(=O)c2cccc([N+](=O)[O-])c2)cc1. The Hall–Kier alpha value is -2.89. The first-order valence-electron chi connectivity index (χ1n) is 7.26. The lowest BCUT2D eigenvalue weighted by molar-refractivity contribution is -0.384. The number of nitro groups is 1. The lowest BCUT2D eigenvalue weighted by Gasteiger charge is -2.12. The van der Waals surface area contributed by atoms with E-state index in [9.17, 15) is 14.9 Å². The third-order valence-electron chi connectivity index (χ3n) is 3.47. The summed E-state index contributed by atoms with van der Waals surface area (Å²) in [4.78, 5) is 24.2. The van der Waals surface area contributed by atoms with Crippen LogP contribution < -0.4 is 10.2 Å². The predicted octanol–water partition coefficient (Wildman–Crippen LogP) is 2.63. The zero-order chi connectivity index (χ0) is 16.8. The second-order valence-electron chi connectivity index (χ2n) is 5.37. The molecule has 0 unspecified atom stereocenters. The van der Waals surface area contributed by atoms with Crippen LogP contribution in [0, 0.1) is 10.1 Å². The Morgan fingerprint density at radius 2 is 1.87 bits per heavy atom. The number of hydrogen-bond donors (Lipinski definition) is 1. The fourth-order valence-corrected chi connectivity index (χ4v) is 2.14. The van der Waals surface area contributed by atoms with Gasteiger partial charge in [-0.2, -0.15) is 0 Å². The summed E-state index contributed by atoms with van der Waals surface area (Å²) in [5.41, 5.74) is 2.45. The molecule has 2 aromatic carbocycles. The lowest BCUT2D eigenvalue weighted by atomic mass is 10.1. The number of benzene rings is 2. The first-order chi connectivity index (χ1) is 11.0. The fraction of sp³-hybridized carbons (Fsp3) is 0.235. The van der Waals surface area contributed by atoms with Crippen molar-refractivity contribution in [2.45, 2.75) is 6.42 Å². The molecular weight excluding hydrogens is 294 g/mol. The van der Waals surface area contributed by atoms with Crippen molar-refractivity contribution in [3.8, 4) is 0 Å². The molecule has 2 rings (SSSR count). The summed E-state index contributed by atoms with van der Waals surface area (Å²) in [6.07, 6.45) is 0.703. The Morgan fingerprint density at radius 1 is 1.17 bits per heavy atom. The molecule has 0 aromatic heterocycles. The smallest absolute Gasteiger partial charge is 0.270 e. The van der Waals surface area contributed by atoms with Crippen LogP contribution in [0.3, 0.4) is 0 Å². The van der Waals surface area contributed by atoms with Crippen LogP contribution in [0.15, 0.2) is 48.5 Å². The van der Waals surface area contributed by atoms with Gasteiger partial charge in [-0.1, -0.05) is 18.2 Å². The van der Waals surface area contributed by atoms with E-state index in [1.165, 1.54) is 18.2 Å². The molecule has 0 saturated carbocycles. The van der Waals surface area contributed by atoms with Gasteiger partial charge in [-0.15, -0.1) is 0 Å². The largest absolute Gasteiger partial charge is 0.378 e. The molecule has 2 aromatic rings. The Bertz CT molecular complexity index is 696. The van der Waals surface area contributed by atoms with Crippen LogP contribution in [0.25, 0.3) is 0 Å². The number of amides is 1. The number of nitrogens with zero attached hydrogens (tertiary/aromatic N) is 2. The minimum Gasteiger partial charge on any atom is -0.378 e. The maximum Gasteiger partial charge on any atom is 0.270 e. The number of nitrogens with one attached hydrogen (secondary N) is 1. The highest BCUT2D eigenvalue weighted by atomic mass is 16.6. The molecule has 120 valence electrons. The van der Waals surface area contributed by atoms with Crippen LogP contribution in [-0.4, -0.2) is 31.5 Å². The molecule has 0 aliphatic heterocycles. The summed E-state index contributed by atoms with van der Waals surface area (Å²) < 4.78 is 0. The molecule has 1 N–H and O–H groups in total. The lowest BCUT2D eigenvalue weighted by Crippen LogP contribution is -2.25. The molecule has 0 fully saturated rings. The van der Waals surface area contributed by atoms with Crippen molar-refractivity contribution in [3.05, 3.63) is 69.8 Å². The van der Waals surface area contributed by atoms with Crippen LogP contribution in [0.2, 0.25) is 0 Å². The highest BCUT2D eigenvalue weighted by molar-refractivity contribution is 5.94. The number of hydrogen-bond acceptors (Lipinski definition) is 4. The molecule has 0 bridgehead atoms. The third kappa shape index (κ3) is 4.54. The summed E-state index contributed by atoms with van der Waals surface area (Å²) in [5, 5.41) is 13.5. The monoisotopic (exact) mass is 313 g/mol. The highest BCUT2D eigenvalue weighted by Gasteiger charge is 2.10. The van der Waals surface area contributed by atoms with Gasteiger partial charge in [-0.3, -0.25) is 14.9 Å². The van der Waals surface area contributed by atoms with Gasteiger partial charge in [-0.25, -0.2) is 0 Å². The second kappa shape index (κ2) is 7.40. The van der Waals surface area contributed by atoms with Gasteiger partial charge in [0.05, 0.1) is 4.92 Å². The van der Waals surface area contributed by atoms with E-state index in [0.717, 1.165) is 11.3 Å². The molecule has 1 amide bonds. The summed E-state index contributed by atoms with van der Waals surface area (Å²) in [6.45, 7) is 0.475. The van der Waals surface area contributed by atoms with Gasteiger partial charge in [0.1, 0.15) is 0 Å². The van der Waals surface area contributed by atoms with Crippen molar-refractivity contribution in [2.24, 2.45) is 0 Å². The fourth-order valence-electron chi connectivity index (χ4n) is 2.14. The number of non-ortho nitro benzene ring substituents is 1. The topological polar surface area (TPSA) is 75.5 Å². The molecular formula is C17H19N3O3. The van der Waals surface area contributed by atoms with Gasteiger partial charge in [0.25, 0.3) is 11.6 Å². The van der Waals surface area contributed by atoms with Gasteiger partial charge in [0.2, 0.25) is 0 Å². The first kappa shape index (κ1) is 16.5. The molecule has 0 atom stereocenters. The van der Waals surface area contributed by atoms with Gasteiger partial charge >= 0.3 is 0 Å². The highest BCUT2D eigenvalue weighted by Crippen LogP contribution is 2.14. The summed E-state index contributed by atoms with van der Waals surface area (Å²) in [6, 6.07) is 13.8. The van der Waals surface area contributed by atoms with Gasteiger partial charge in [-0.05, 0) is 30.2 Å². The van der Waals surface area contributed by atoms with Crippen LogP contribution >= 0.6 is 0 Å². The molecule has 23 heavy (non-hydrogen) atoms. The van der Waals surface area contributed by atoms with Crippen molar-refractivity contribution in [2.75, 3.05) is 25.5 Å². The maximum atomic E-state index is 12.0. The predicted molar refractivity (Wildman–Crippen MR) is 89.9 cm³/mol. The van der Waals surface area contributed by atoms with E-state index in [1.807, 2.05) is 43.3 Å². The van der Waals surface area contributed by atoms with Crippen molar-refractivity contribution in [1.82, 2.24) is 5.32 Å². The van der Waals surface area contributed by atoms with E-state index in [4.69, 9.17) is 0 Å². The zero-order valence-corrected chi connectivity index (χ0v) is 13.2. The van der Waals surface area contributed by atoms with Gasteiger partial charge < -0.3 is 10.2 Å². The molecule has 0 aliphatic rings. The standard InChI is InChI=1S/C17H19N3O3/c1-19(2)15-8-6-13(7-9-15)10-11-18-17(21)14-4-3-5-16(12-14)20(22)23/h3-9,12H,10-11H2,1-2H3,(H,18,21). The third-order valence-corrected chi connectivity index (χ3v) is 3.47. The van der Waals surface area contributed by atoms with Crippen LogP contribution in [0.4, 0.5) is 11.4 Å². The number of rotatable bonds is 6. The maximum absolute atomic E-state index is 12.0. The van der Waals surface area contributed by atoms with E-state index in [-0.39, 0.29) is 11.6 Å². The normalized spacial score (nSPS) is 10.2.